The first-order valence-electron chi connectivity index (χ1n) is 10.9. The van der Waals surface area contributed by atoms with E-state index in [0.29, 0.717) is 48.3 Å². The molecular formula is C24H26O4. The zero-order chi connectivity index (χ0) is 19.0. The molecule has 9 aliphatic rings. The fraction of sp³-hybridized carbons (Fsp3) is 0.667. The minimum Gasteiger partial charge on any atom is -0.392 e. The highest BCUT2D eigenvalue weighted by molar-refractivity contribution is 6.04. The van der Waals surface area contributed by atoms with E-state index in [9.17, 15) is 9.59 Å². The molecule has 0 aromatic heterocycles. The summed E-state index contributed by atoms with van der Waals surface area (Å²) in [7, 11) is 0. The molecule has 0 radical (unpaired) electrons. The summed E-state index contributed by atoms with van der Waals surface area (Å²) in [6.45, 7) is 5.97. The Morgan fingerprint density at radius 1 is 0.786 bits per heavy atom. The van der Waals surface area contributed by atoms with Crippen LogP contribution in [-0.2, 0) is 19.1 Å². The van der Waals surface area contributed by atoms with E-state index < -0.39 is 10.8 Å². The van der Waals surface area contributed by atoms with Gasteiger partial charge in [-0.2, -0.15) is 0 Å². The van der Waals surface area contributed by atoms with Crippen LogP contribution in [0.25, 0.3) is 0 Å². The molecule has 0 aromatic carbocycles. The lowest BCUT2D eigenvalue weighted by Crippen LogP contribution is -2.69. The summed E-state index contributed by atoms with van der Waals surface area (Å²) >= 11 is 0. The summed E-state index contributed by atoms with van der Waals surface area (Å²) in [6, 6.07) is 0. The Morgan fingerprint density at radius 3 is 1.71 bits per heavy atom. The van der Waals surface area contributed by atoms with Gasteiger partial charge in [-0.3, -0.25) is 9.59 Å². The molecule has 2 aliphatic heterocycles. The van der Waals surface area contributed by atoms with Gasteiger partial charge < -0.3 is 9.47 Å². The molecule has 0 N–H and O–H groups in total. The molecule has 4 fully saturated rings. The average molecular weight is 378 g/mol. The van der Waals surface area contributed by atoms with Gasteiger partial charge >= 0.3 is 11.9 Å². The van der Waals surface area contributed by atoms with Crippen molar-refractivity contribution in [2.45, 2.75) is 26.7 Å². The predicted molar refractivity (Wildman–Crippen MR) is 101 cm³/mol. The molecule has 4 nitrogen and oxygen atoms in total. The van der Waals surface area contributed by atoms with Crippen molar-refractivity contribution < 1.29 is 19.1 Å². The number of esters is 2. The SMILES string of the molecule is CC1=C(C)C[C@]23C(=O)OC(=O)[C@@]2(C1)[C@@H]1C=C[C@H]3C2C1[C@@H]1C=C[C@H]2C2COCC21. The van der Waals surface area contributed by atoms with Crippen LogP contribution in [0.15, 0.2) is 35.5 Å². The van der Waals surface area contributed by atoms with Crippen molar-refractivity contribution in [3.8, 4) is 0 Å². The molecular weight excluding hydrogens is 352 g/mol. The monoisotopic (exact) mass is 378 g/mol. The maximum Gasteiger partial charge on any atom is 0.321 e. The van der Waals surface area contributed by atoms with E-state index in [0.717, 1.165) is 13.2 Å². The number of hydrogen-bond donors (Lipinski definition) is 0. The van der Waals surface area contributed by atoms with E-state index >= 15 is 0 Å². The molecule has 2 saturated heterocycles. The molecule has 4 heteroatoms. The maximum atomic E-state index is 13.4. The van der Waals surface area contributed by atoms with E-state index in [2.05, 4.69) is 38.2 Å². The van der Waals surface area contributed by atoms with Crippen LogP contribution in [0.2, 0.25) is 0 Å². The minimum atomic E-state index is -0.686. The summed E-state index contributed by atoms with van der Waals surface area (Å²) in [5.41, 5.74) is 1.18. The number of cyclic esters (lactones) is 2. The Balaban J connectivity index is 1.49. The third kappa shape index (κ3) is 1.40. The van der Waals surface area contributed by atoms with Gasteiger partial charge in [0.25, 0.3) is 0 Å². The van der Waals surface area contributed by atoms with E-state index in [4.69, 9.17) is 9.47 Å². The van der Waals surface area contributed by atoms with Crippen LogP contribution >= 0.6 is 0 Å². The number of carbonyl (C=O) groups excluding carboxylic acids is 2. The first kappa shape index (κ1) is 16.2. The normalized spacial score (nSPS) is 57.2. The lowest BCUT2D eigenvalue weighted by Gasteiger charge is -2.68. The fourth-order valence-corrected chi connectivity index (χ4v) is 9.03. The maximum absolute atomic E-state index is 13.4. The Morgan fingerprint density at radius 2 is 1.25 bits per heavy atom. The molecule has 2 saturated carbocycles. The fourth-order valence-electron chi connectivity index (χ4n) is 9.03. The highest BCUT2D eigenvalue weighted by Crippen LogP contribution is 2.77. The molecule has 28 heavy (non-hydrogen) atoms. The Bertz CT molecular complexity index is 857. The van der Waals surface area contributed by atoms with Gasteiger partial charge in [0.1, 0.15) is 0 Å². The van der Waals surface area contributed by atoms with Crippen molar-refractivity contribution in [3.05, 3.63) is 35.5 Å². The van der Waals surface area contributed by atoms with E-state index in [1.165, 1.54) is 11.1 Å². The van der Waals surface area contributed by atoms with Crippen LogP contribution in [0, 0.1) is 58.2 Å². The summed E-state index contributed by atoms with van der Waals surface area (Å²) < 4.78 is 11.4. The Kier molecular flexibility index (Phi) is 2.72. The topological polar surface area (TPSA) is 52.6 Å². The van der Waals surface area contributed by atoms with Gasteiger partial charge in [0.15, 0.2) is 0 Å². The van der Waals surface area contributed by atoms with E-state index in [-0.39, 0.29) is 23.8 Å². The third-order valence-electron chi connectivity index (χ3n) is 10.1. The van der Waals surface area contributed by atoms with Crippen LogP contribution < -0.4 is 0 Å². The summed E-state index contributed by atoms with van der Waals surface area (Å²) in [6.07, 6.45) is 10.8. The number of rotatable bonds is 0. The number of allylic oxidation sites excluding steroid dienone is 6. The van der Waals surface area contributed by atoms with Crippen LogP contribution in [0.3, 0.4) is 0 Å². The van der Waals surface area contributed by atoms with Crippen molar-refractivity contribution in [2.75, 3.05) is 13.2 Å². The molecule has 0 aromatic rings. The lowest BCUT2D eigenvalue weighted by atomic mass is 9.32. The van der Waals surface area contributed by atoms with Crippen molar-refractivity contribution in [3.63, 3.8) is 0 Å². The van der Waals surface area contributed by atoms with Gasteiger partial charge in [-0.1, -0.05) is 35.5 Å². The Labute approximate surface area is 165 Å². The van der Waals surface area contributed by atoms with Gasteiger partial charge in [0.2, 0.25) is 0 Å². The van der Waals surface area contributed by atoms with Gasteiger partial charge in [-0.15, -0.1) is 0 Å². The number of ether oxygens (including phenoxy) is 2. The molecule has 0 spiro atoms. The predicted octanol–water partition coefficient (Wildman–Crippen LogP) is 3.30. The minimum absolute atomic E-state index is 0.100. The van der Waals surface area contributed by atoms with Crippen molar-refractivity contribution in [2.24, 2.45) is 58.2 Å². The summed E-state index contributed by atoms with van der Waals surface area (Å²) in [4.78, 5) is 26.8. The second-order valence-electron chi connectivity index (χ2n) is 10.5. The second kappa shape index (κ2) is 4.72. The van der Waals surface area contributed by atoms with Gasteiger partial charge in [-0.05, 0) is 74.0 Å². The highest BCUT2D eigenvalue weighted by atomic mass is 16.6. The van der Waals surface area contributed by atoms with Crippen molar-refractivity contribution in [1.29, 1.82) is 0 Å². The molecule has 9 rings (SSSR count). The molecule has 0 amide bonds. The first-order chi connectivity index (χ1) is 13.5. The van der Waals surface area contributed by atoms with Crippen LogP contribution in [0.1, 0.15) is 26.7 Å². The zero-order valence-electron chi connectivity index (χ0n) is 16.4. The molecule has 4 bridgehead atoms. The van der Waals surface area contributed by atoms with Crippen LogP contribution in [0.5, 0.6) is 0 Å². The van der Waals surface area contributed by atoms with Crippen LogP contribution in [-0.4, -0.2) is 25.2 Å². The van der Waals surface area contributed by atoms with Crippen molar-refractivity contribution in [1.82, 2.24) is 0 Å². The highest BCUT2D eigenvalue weighted by Gasteiger charge is 2.81. The number of carbonyl (C=O) groups is 2. The van der Waals surface area contributed by atoms with Crippen LogP contribution in [0.4, 0.5) is 0 Å². The quantitative estimate of drug-likeness (QED) is 0.369. The van der Waals surface area contributed by atoms with Crippen molar-refractivity contribution >= 4 is 11.9 Å². The standard InChI is InChI=1S/C24H26O4/c1-11-7-23-17-5-6-18(24(23,8-12(11)2)22(26)28-21(23)25)20-14-4-3-13(19(17)20)15-9-27-10-16(14)15/h3-6,13-20H,7-10H2,1-2H3/t13-,14+,15?,16?,17-,18+,19?,20?,23-,24+. The smallest absolute Gasteiger partial charge is 0.321 e. The van der Waals surface area contributed by atoms with Gasteiger partial charge in [0, 0.05) is 0 Å². The average Bonchev–Trinajstić information content (AvgIpc) is 3.27. The summed E-state index contributed by atoms with van der Waals surface area (Å²) in [5, 5.41) is 0. The van der Waals surface area contributed by atoms with E-state index in [1.54, 1.807) is 0 Å². The lowest BCUT2D eigenvalue weighted by molar-refractivity contribution is -0.189. The molecule has 4 unspecified atom stereocenters. The Hall–Kier alpha value is -1.68. The molecule has 7 aliphatic carbocycles. The zero-order valence-corrected chi connectivity index (χ0v) is 16.4. The van der Waals surface area contributed by atoms with Gasteiger partial charge in [0.05, 0.1) is 24.0 Å². The molecule has 146 valence electrons. The van der Waals surface area contributed by atoms with Gasteiger partial charge in [-0.25, -0.2) is 0 Å². The summed E-state index contributed by atoms with van der Waals surface area (Å²) in [5.74, 6) is 2.66. The molecule has 10 atom stereocenters. The third-order valence-corrected chi connectivity index (χ3v) is 10.1. The van der Waals surface area contributed by atoms with E-state index in [1.807, 2.05) is 0 Å². The largest absolute Gasteiger partial charge is 0.392 e. The molecule has 2 heterocycles. The first-order valence-corrected chi connectivity index (χ1v) is 10.9. The number of hydrogen-bond acceptors (Lipinski definition) is 4. The second-order valence-corrected chi connectivity index (χ2v) is 10.5.